The Bertz CT molecular complexity index is 796. The first kappa shape index (κ1) is 18.7. The minimum absolute atomic E-state index is 0.190. The maximum absolute atomic E-state index is 12.1. The fourth-order valence-electron chi connectivity index (χ4n) is 2.24. The van der Waals surface area contributed by atoms with Gasteiger partial charge in [-0.05, 0) is 41.3 Å². The van der Waals surface area contributed by atoms with Gasteiger partial charge in [0.2, 0.25) is 11.8 Å². The molecule has 5 heteroatoms. The highest BCUT2D eigenvalue weighted by Crippen LogP contribution is 2.25. The molecule has 0 saturated heterocycles. The van der Waals surface area contributed by atoms with E-state index in [1.807, 2.05) is 12.1 Å². The van der Waals surface area contributed by atoms with E-state index in [9.17, 15) is 9.59 Å². The van der Waals surface area contributed by atoms with Crippen molar-refractivity contribution in [2.75, 3.05) is 10.6 Å². The zero-order valence-corrected chi connectivity index (χ0v) is 15.2. The van der Waals surface area contributed by atoms with Crippen molar-refractivity contribution in [3.63, 3.8) is 0 Å². The Morgan fingerprint density at radius 2 is 1.72 bits per heavy atom. The van der Waals surface area contributed by atoms with Crippen LogP contribution >= 0.6 is 11.6 Å². The van der Waals surface area contributed by atoms with Gasteiger partial charge in [-0.25, -0.2) is 0 Å². The zero-order chi connectivity index (χ0) is 18.4. The van der Waals surface area contributed by atoms with Crippen molar-refractivity contribution in [2.45, 2.75) is 26.7 Å². The highest BCUT2D eigenvalue weighted by molar-refractivity contribution is 6.34. The van der Waals surface area contributed by atoms with E-state index in [1.54, 1.807) is 24.3 Å². The summed E-state index contributed by atoms with van der Waals surface area (Å²) in [6.07, 6.45) is 3.19. The first-order valence-electron chi connectivity index (χ1n) is 8.01. The highest BCUT2D eigenvalue weighted by atomic mass is 35.5. The summed E-state index contributed by atoms with van der Waals surface area (Å²) in [4.78, 5) is 23.2. The molecule has 0 bridgehead atoms. The molecule has 0 aliphatic rings. The van der Waals surface area contributed by atoms with Crippen LogP contribution in [0.25, 0.3) is 6.08 Å². The quantitative estimate of drug-likeness (QED) is 0.734. The molecule has 0 aliphatic heterocycles. The van der Waals surface area contributed by atoms with Crippen molar-refractivity contribution in [3.05, 3.63) is 64.7 Å². The molecule has 0 atom stereocenters. The number of anilines is 2. The summed E-state index contributed by atoms with van der Waals surface area (Å²) in [5, 5.41) is 5.77. The summed E-state index contributed by atoms with van der Waals surface area (Å²) in [6.45, 7) is 5.69. The van der Waals surface area contributed by atoms with Crippen LogP contribution in [-0.4, -0.2) is 11.8 Å². The molecule has 2 rings (SSSR count). The van der Waals surface area contributed by atoms with Gasteiger partial charge in [0.05, 0.1) is 10.7 Å². The highest BCUT2D eigenvalue weighted by Gasteiger charge is 2.06. The average Bonchev–Trinajstić information content (AvgIpc) is 2.56. The van der Waals surface area contributed by atoms with Gasteiger partial charge in [0.25, 0.3) is 0 Å². The van der Waals surface area contributed by atoms with E-state index in [0.29, 0.717) is 22.3 Å². The second kappa shape index (κ2) is 8.49. The Hall–Kier alpha value is -2.59. The molecule has 2 N–H and O–H groups in total. The lowest BCUT2D eigenvalue weighted by atomic mass is 10.0. The SMILES string of the molecule is CC(=O)Nc1ccc(Cl)c(NC(=O)/C=C/c2ccc(C(C)C)cc2)c1. The first-order valence-corrected chi connectivity index (χ1v) is 8.39. The lowest BCUT2D eigenvalue weighted by Gasteiger charge is -2.08. The standard InChI is InChI=1S/C20H21ClN2O2/c1-13(2)16-7-4-15(5-8-16)6-11-20(25)23-19-12-17(22-14(3)24)9-10-18(19)21/h4-13H,1-3H3,(H,22,24)(H,23,25)/b11-6+. The predicted molar refractivity (Wildman–Crippen MR) is 104 cm³/mol. The minimum Gasteiger partial charge on any atom is -0.326 e. The molecule has 0 unspecified atom stereocenters. The third-order valence-corrected chi connectivity index (χ3v) is 3.90. The molecule has 0 heterocycles. The Morgan fingerprint density at radius 3 is 2.32 bits per heavy atom. The van der Waals surface area contributed by atoms with Crippen LogP contribution in [0.5, 0.6) is 0 Å². The van der Waals surface area contributed by atoms with E-state index in [1.165, 1.54) is 18.6 Å². The monoisotopic (exact) mass is 356 g/mol. The second-order valence-corrected chi connectivity index (χ2v) is 6.43. The first-order chi connectivity index (χ1) is 11.8. The number of benzene rings is 2. The maximum Gasteiger partial charge on any atom is 0.248 e. The molecular formula is C20H21ClN2O2. The molecule has 0 radical (unpaired) electrons. The van der Waals surface area contributed by atoms with Crippen molar-refractivity contribution in [1.82, 2.24) is 0 Å². The average molecular weight is 357 g/mol. The number of carbonyl (C=O) groups is 2. The number of hydrogen-bond acceptors (Lipinski definition) is 2. The van der Waals surface area contributed by atoms with Gasteiger partial charge < -0.3 is 10.6 Å². The van der Waals surface area contributed by atoms with Crippen LogP contribution in [0.15, 0.2) is 48.5 Å². The van der Waals surface area contributed by atoms with E-state index in [0.717, 1.165) is 5.56 Å². The van der Waals surface area contributed by atoms with Gasteiger partial charge in [-0.2, -0.15) is 0 Å². The Balaban J connectivity index is 2.05. The molecule has 0 spiro atoms. The van der Waals surface area contributed by atoms with Gasteiger partial charge >= 0.3 is 0 Å². The second-order valence-electron chi connectivity index (χ2n) is 6.02. The number of carbonyl (C=O) groups excluding carboxylic acids is 2. The van der Waals surface area contributed by atoms with Crippen molar-refractivity contribution in [3.8, 4) is 0 Å². The van der Waals surface area contributed by atoms with Gasteiger partial charge in [0.1, 0.15) is 0 Å². The van der Waals surface area contributed by atoms with Crippen LogP contribution in [0.4, 0.5) is 11.4 Å². The number of hydrogen-bond donors (Lipinski definition) is 2. The van der Waals surface area contributed by atoms with Gasteiger partial charge in [-0.1, -0.05) is 49.7 Å². The summed E-state index contributed by atoms with van der Waals surface area (Å²) in [5.41, 5.74) is 3.21. The van der Waals surface area contributed by atoms with Crippen LogP contribution in [0.2, 0.25) is 5.02 Å². The van der Waals surface area contributed by atoms with Gasteiger partial charge in [-0.3, -0.25) is 9.59 Å². The number of rotatable bonds is 5. The molecule has 0 aliphatic carbocycles. The van der Waals surface area contributed by atoms with Crippen molar-refractivity contribution in [1.29, 1.82) is 0 Å². The molecule has 4 nitrogen and oxygen atoms in total. The van der Waals surface area contributed by atoms with Crippen molar-refractivity contribution < 1.29 is 9.59 Å². The smallest absolute Gasteiger partial charge is 0.248 e. The van der Waals surface area contributed by atoms with Crippen molar-refractivity contribution >= 4 is 40.9 Å². The van der Waals surface area contributed by atoms with Gasteiger partial charge in [-0.15, -0.1) is 0 Å². The molecule has 2 aromatic rings. The van der Waals surface area contributed by atoms with E-state index in [4.69, 9.17) is 11.6 Å². The Kier molecular flexibility index (Phi) is 6.37. The molecule has 0 aromatic heterocycles. The maximum atomic E-state index is 12.1. The van der Waals surface area contributed by atoms with Gasteiger partial charge in [0.15, 0.2) is 0 Å². The molecule has 2 amide bonds. The number of nitrogens with one attached hydrogen (secondary N) is 2. The van der Waals surface area contributed by atoms with Crippen LogP contribution < -0.4 is 10.6 Å². The fraction of sp³-hybridized carbons (Fsp3) is 0.200. The van der Waals surface area contributed by atoms with Crippen LogP contribution in [-0.2, 0) is 9.59 Å². The Labute approximate surface area is 152 Å². The van der Waals surface area contributed by atoms with Crippen molar-refractivity contribution in [2.24, 2.45) is 0 Å². The molecule has 25 heavy (non-hydrogen) atoms. The fourth-order valence-corrected chi connectivity index (χ4v) is 2.41. The Morgan fingerprint density at radius 1 is 1.04 bits per heavy atom. The van der Waals surface area contributed by atoms with E-state index < -0.39 is 0 Å². The third kappa shape index (κ3) is 5.76. The third-order valence-electron chi connectivity index (χ3n) is 3.57. The molecule has 0 saturated carbocycles. The van der Waals surface area contributed by atoms with E-state index >= 15 is 0 Å². The summed E-state index contributed by atoms with van der Waals surface area (Å²) >= 11 is 6.09. The topological polar surface area (TPSA) is 58.2 Å². The molecule has 0 fully saturated rings. The summed E-state index contributed by atoms with van der Waals surface area (Å²) in [7, 11) is 0. The number of halogens is 1. The zero-order valence-electron chi connectivity index (χ0n) is 14.5. The molecule has 130 valence electrons. The summed E-state index contributed by atoms with van der Waals surface area (Å²) in [6, 6.07) is 13.0. The summed E-state index contributed by atoms with van der Waals surface area (Å²) < 4.78 is 0. The van der Waals surface area contributed by atoms with E-state index in [-0.39, 0.29) is 11.8 Å². The minimum atomic E-state index is -0.296. The lowest BCUT2D eigenvalue weighted by Crippen LogP contribution is -2.10. The van der Waals surface area contributed by atoms with Crippen LogP contribution in [0.3, 0.4) is 0 Å². The number of amides is 2. The van der Waals surface area contributed by atoms with Crippen LogP contribution in [0.1, 0.15) is 37.8 Å². The molecular weight excluding hydrogens is 336 g/mol. The normalized spacial score (nSPS) is 10.9. The summed E-state index contributed by atoms with van der Waals surface area (Å²) in [5.74, 6) is -0.0153. The lowest BCUT2D eigenvalue weighted by molar-refractivity contribution is -0.114. The molecule has 2 aromatic carbocycles. The largest absolute Gasteiger partial charge is 0.326 e. The predicted octanol–water partition coefficient (Wildman–Crippen LogP) is 5.07. The van der Waals surface area contributed by atoms with Gasteiger partial charge in [0, 0.05) is 18.7 Å². The van der Waals surface area contributed by atoms with E-state index in [2.05, 4.69) is 36.6 Å². The van der Waals surface area contributed by atoms with Crippen LogP contribution in [0, 0.1) is 0 Å².